The molecule has 0 aromatic heterocycles. The van der Waals surface area contributed by atoms with E-state index in [0.29, 0.717) is 0 Å². The number of carbonyl (C=O) groups excluding carboxylic acids is 1. The van der Waals surface area contributed by atoms with Crippen molar-refractivity contribution in [1.82, 2.24) is 0 Å². The molecule has 1 N–H and O–H groups in total. The second kappa shape index (κ2) is 8.56. The molecule has 0 saturated carbocycles. The largest absolute Gasteiger partial charge is 0.481 e. The van der Waals surface area contributed by atoms with E-state index < -0.39 is 18.4 Å². The molecule has 0 spiro atoms. The standard InChI is InChI=1S/C13H20O4/c1-10(2)5-4-6-11(3)7-8-17-13(16)9-12(14)15/h5,7H,4,6,8-9H2,1-3H3,(H,14,15)/b11-7+. The number of carboxylic acid groups (broad SMARTS) is 1. The smallest absolute Gasteiger partial charge is 0.317 e. The molecule has 96 valence electrons. The number of esters is 1. The zero-order valence-electron chi connectivity index (χ0n) is 10.7. The monoisotopic (exact) mass is 240 g/mol. The van der Waals surface area contributed by atoms with Crippen LogP contribution in [0.15, 0.2) is 23.3 Å². The zero-order chi connectivity index (χ0) is 13.3. The Hall–Kier alpha value is -1.58. The summed E-state index contributed by atoms with van der Waals surface area (Å²) in [4.78, 5) is 21.1. The maximum Gasteiger partial charge on any atom is 0.317 e. The van der Waals surface area contributed by atoms with Crippen molar-refractivity contribution in [3.63, 3.8) is 0 Å². The molecule has 0 aliphatic carbocycles. The predicted octanol–water partition coefficient (Wildman–Crippen LogP) is 2.70. The van der Waals surface area contributed by atoms with Crippen molar-refractivity contribution in [3.8, 4) is 0 Å². The fourth-order valence-corrected chi connectivity index (χ4v) is 1.14. The second-order valence-corrected chi connectivity index (χ2v) is 4.12. The number of carboxylic acids is 1. The first-order valence-electron chi connectivity index (χ1n) is 5.58. The summed E-state index contributed by atoms with van der Waals surface area (Å²) in [6.07, 6.45) is 5.26. The SMILES string of the molecule is CC(C)=CCC/C(C)=C/COC(=O)CC(=O)O. The third-order valence-corrected chi connectivity index (χ3v) is 2.06. The van der Waals surface area contributed by atoms with Crippen molar-refractivity contribution in [2.45, 2.75) is 40.0 Å². The molecule has 0 aromatic rings. The predicted molar refractivity (Wildman–Crippen MR) is 65.6 cm³/mol. The van der Waals surface area contributed by atoms with Crippen molar-refractivity contribution >= 4 is 11.9 Å². The molecule has 0 amide bonds. The minimum Gasteiger partial charge on any atom is -0.481 e. The minimum atomic E-state index is -1.17. The van der Waals surface area contributed by atoms with Crippen molar-refractivity contribution in [2.24, 2.45) is 0 Å². The van der Waals surface area contributed by atoms with Crippen molar-refractivity contribution in [3.05, 3.63) is 23.3 Å². The molecule has 0 atom stereocenters. The normalized spacial score (nSPS) is 10.9. The van der Waals surface area contributed by atoms with Crippen LogP contribution < -0.4 is 0 Å². The topological polar surface area (TPSA) is 63.6 Å². The molecule has 0 aliphatic rings. The number of ether oxygens (including phenoxy) is 1. The molecule has 0 saturated heterocycles. The van der Waals surface area contributed by atoms with E-state index in [9.17, 15) is 9.59 Å². The van der Waals surface area contributed by atoms with Crippen molar-refractivity contribution in [2.75, 3.05) is 6.61 Å². The van der Waals surface area contributed by atoms with E-state index in [1.54, 1.807) is 6.08 Å². The number of allylic oxidation sites excluding steroid dienone is 3. The van der Waals surface area contributed by atoms with Crippen LogP contribution in [0.5, 0.6) is 0 Å². The van der Waals surface area contributed by atoms with Gasteiger partial charge in [0.05, 0.1) is 0 Å². The van der Waals surface area contributed by atoms with Gasteiger partial charge in [0.25, 0.3) is 0 Å². The summed E-state index contributed by atoms with van der Waals surface area (Å²) in [6.45, 7) is 6.20. The van der Waals surface area contributed by atoms with E-state index >= 15 is 0 Å². The molecular weight excluding hydrogens is 220 g/mol. The van der Waals surface area contributed by atoms with Gasteiger partial charge in [-0.25, -0.2) is 0 Å². The van der Waals surface area contributed by atoms with Crippen LogP contribution in [0.25, 0.3) is 0 Å². The summed E-state index contributed by atoms with van der Waals surface area (Å²) in [5.41, 5.74) is 2.41. The Morgan fingerprint density at radius 3 is 2.35 bits per heavy atom. The Kier molecular flexibility index (Phi) is 7.76. The molecule has 0 fully saturated rings. The lowest BCUT2D eigenvalue weighted by Crippen LogP contribution is -2.10. The van der Waals surface area contributed by atoms with Gasteiger partial charge < -0.3 is 9.84 Å². The minimum absolute atomic E-state index is 0.146. The first-order chi connectivity index (χ1) is 7.91. The average Bonchev–Trinajstić information content (AvgIpc) is 2.15. The van der Waals surface area contributed by atoms with Gasteiger partial charge in [0, 0.05) is 0 Å². The van der Waals surface area contributed by atoms with Crippen LogP contribution in [-0.4, -0.2) is 23.7 Å². The quantitative estimate of drug-likeness (QED) is 0.422. The molecule has 0 heterocycles. The number of carbonyl (C=O) groups is 2. The molecule has 0 unspecified atom stereocenters. The van der Waals surface area contributed by atoms with Gasteiger partial charge in [-0.2, -0.15) is 0 Å². The Labute approximate surface area is 102 Å². The molecule has 4 nitrogen and oxygen atoms in total. The molecule has 0 radical (unpaired) electrons. The van der Waals surface area contributed by atoms with Crippen LogP contribution in [0.1, 0.15) is 40.0 Å². The van der Waals surface area contributed by atoms with Crippen molar-refractivity contribution < 1.29 is 19.4 Å². The Morgan fingerprint density at radius 2 is 1.82 bits per heavy atom. The van der Waals surface area contributed by atoms with Gasteiger partial charge in [0.2, 0.25) is 0 Å². The maximum atomic E-state index is 10.9. The van der Waals surface area contributed by atoms with Gasteiger partial charge in [-0.15, -0.1) is 0 Å². The van der Waals surface area contributed by atoms with Gasteiger partial charge in [-0.05, 0) is 39.7 Å². The van der Waals surface area contributed by atoms with Gasteiger partial charge in [0.15, 0.2) is 0 Å². The Morgan fingerprint density at radius 1 is 1.18 bits per heavy atom. The highest BCUT2D eigenvalue weighted by Crippen LogP contribution is 2.06. The van der Waals surface area contributed by atoms with Gasteiger partial charge >= 0.3 is 11.9 Å². The van der Waals surface area contributed by atoms with E-state index in [0.717, 1.165) is 18.4 Å². The van der Waals surface area contributed by atoms with Crippen molar-refractivity contribution in [1.29, 1.82) is 0 Å². The van der Waals surface area contributed by atoms with Gasteiger partial charge in [-0.1, -0.05) is 17.2 Å². The summed E-state index contributed by atoms with van der Waals surface area (Å²) in [5.74, 6) is -1.87. The van der Waals surface area contributed by atoms with Crippen LogP contribution in [0, 0.1) is 0 Å². The molecule has 17 heavy (non-hydrogen) atoms. The van der Waals surface area contributed by atoms with Gasteiger partial charge in [0.1, 0.15) is 13.0 Å². The highest BCUT2D eigenvalue weighted by molar-refractivity contribution is 5.90. The number of rotatable bonds is 7. The maximum absolute atomic E-state index is 10.9. The van der Waals surface area contributed by atoms with Crippen LogP contribution in [-0.2, 0) is 14.3 Å². The van der Waals surface area contributed by atoms with Crippen LogP contribution in [0.4, 0.5) is 0 Å². The summed E-state index contributed by atoms with van der Waals surface area (Å²) >= 11 is 0. The number of aliphatic carboxylic acids is 1. The summed E-state index contributed by atoms with van der Waals surface area (Å²) in [6, 6.07) is 0. The van der Waals surface area contributed by atoms with Crippen LogP contribution in [0.2, 0.25) is 0 Å². The van der Waals surface area contributed by atoms with E-state index in [4.69, 9.17) is 9.84 Å². The fraction of sp³-hybridized carbons (Fsp3) is 0.538. The summed E-state index contributed by atoms with van der Waals surface area (Å²) in [7, 11) is 0. The lowest BCUT2D eigenvalue weighted by molar-refractivity contribution is -0.150. The summed E-state index contributed by atoms with van der Waals surface area (Å²) in [5, 5.41) is 8.34. The highest BCUT2D eigenvalue weighted by atomic mass is 16.5. The first-order valence-corrected chi connectivity index (χ1v) is 5.58. The molecule has 0 aliphatic heterocycles. The van der Waals surface area contributed by atoms with E-state index in [-0.39, 0.29) is 6.61 Å². The van der Waals surface area contributed by atoms with Crippen LogP contribution in [0.3, 0.4) is 0 Å². The third-order valence-electron chi connectivity index (χ3n) is 2.06. The van der Waals surface area contributed by atoms with E-state index in [1.165, 1.54) is 5.57 Å². The molecular formula is C13H20O4. The van der Waals surface area contributed by atoms with E-state index in [2.05, 4.69) is 6.08 Å². The molecule has 4 heteroatoms. The Balaban J connectivity index is 3.80. The second-order valence-electron chi connectivity index (χ2n) is 4.12. The number of hydrogen-bond acceptors (Lipinski definition) is 3. The average molecular weight is 240 g/mol. The lowest BCUT2D eigenvalue weighted by atomic mass is 10.1. The Bertz CT molecular complexity index is 322. The highest BCUT2D eigenvalue weighted by Gasteiger charge is 2.07. The molecule has 0 aromatic carbocycles. The fourth-order valence-electron chi connectivity index (χ4n) is 1.14. The molecule has 0 rings (SSSR count). The summed E-state index contributed by atoms with van der Waals surface area (Å²) < 4.78 is 4.74. The first kappa shape index (κ1) is 15.4. The van der Waals surface area contributed by atoms with Crippen LogP contribution >= 0.6 is 0 Å². The van der Waals surface area contributed by atoms with E-state index in [1.807, 2.05) is 20.8 Å². The lowest BCUT2D eigenvalue weighted by Gasteiger charge is -2.01. The zero-order valence-corrected chi connectivity index (χ0v) is 10.7. The number of hydrogen-bond donors (Lipinski definition) is 1. The molecule has 0 bridgehead atoms. The van der Waals surface area contributed by atoms with Gasteiger partial charge in [-0.3, -0.25) is 9.59 Å². The third kappa shape index (κ3) is 10.7.